The van der Waals surface area contributed by atoms with Crippen molar-refractivity contribution >= 4 is 11.9 Å². The monoisotopic (exact) mass is 307 g/mol. The van der Waals surface area contributed by atoms with E-state index in [1.54, 1.807) is 26.8 Å². The van der Waals surface area contributed by atoms with E-state index in [-0.39, 0.29) is 12.4 Å². The maximum absolute atomic E-state index is 11.7. The van der Waals surface area contributed by atoms with E-state index in [1.807, 2.05) is 19.1 Å². The Morgan fingerprint density at radius 3 is 2.45 bits per heavy atom. The van der Waals surface area contributed by atoms with Gasteiger partial charge >= 0.3 is 6.09 Å². The molecule has 0 aliphatic heterocycles. The molecule has 0 radical (unpaired) electrons. The first-order valence-corrected chi connectivity index (χ1v) is 7.46. The molecule has 0 aliphatic carbocycles. The van der Waals surface area contributed by atoms with Crippen molar-refractivity contribution in [3.8, 4) is 5.75 Å². The van der Waals surface area contributed by atoms with E-state index in [1.165, 1.54) is 6.92 Å². The van der Waals surface area contributed by atoms with Crippen LogP contribution in [0.3, 0.4) is 0 Å². The minimum atomic E-state index is -0.525. The molecule has 0 atom stereocenters. The van der Waals surface area contributed by atoms with Crippen molar-refractivity contribution in [2.24, 2.45) is 0 Å². The van der Waals surface area contributed by atoms with Crippen LogP contribution >= 0.6 is 0 Å². The minimum absolute atomic E-state index is 0.0367. The number of alkyl carbamates (subject to hydrolysis) is 1. The number of nitrogens with one attached hydrogen (secondary N) is 1. The number of amides is 1. The van der Waals surface area contributed by atoms with Crippen LogP contribution in [-0.2, 0) is 11.2 Å². The molecule has 1 aromatic carbocycles. The van der Waals surface area contributed by atoms with Gasteiger partial charge < -0.3 is 14.8 Å². The highest BCUT2D eigenvalue weighted by Gasteiger charge is 2.15. The molecule has 22 heavy (non-hydrogen) atoms. The van der Waals surface area contributed by atoms with Crippen molar-refractivity contribution in [2.45, 2.75) is 46.6 Å². The highest BCUT2D eigenvalue weighted by molar-refractivity contribution is 5.97. The second-order valence-electron chi connectivity index (χ2n) is 6.02. The van der Waals surface area contributed by atoms with Crippen LogP contribution in [0, 0.1) is 0 Å². The zero-order chi connectivity index (χ0) is 16.8. The van der Waals surface area contributed by atoms with E-state index >= 15 is 0 Å². The van der Waals surface area contributed by atoms with Crippen molar-refractivity contribution in [1.82, 2.24) is 5.32 Å². The van der Waals surface area contributed by atoms with E-state index in [9.17, 15) is 9.59 Å². The number of benzene rings is 1. The number of rotatable bonds is 6. The first-order chi connectivity index (χ1) is 10.2. The van der Waals surface area contributed by atoms with Crippen molar-refractivity contribution in [2.75, 3.05) is 13.2 Å². The molecule has 0 bridgehead atoms. The Morgan fingerprint density at radius 2 is 1.91 bits per heavy atom. The summed E-state index contributed by atoms with van der Waals surface area (Å²) in [6, 6.07) is 5.57. The summed E-state index contributed by atoms with van der Waals surface area (Å²) in [4.78, 5) is 23.1. The summed E-state index contributed by atoms with van der Waals surface area (Å²) in [5.41, 5.74) is 1.13. The Morgan fingerprint density at radius 1 is 1.23 bits per heavy atom. The average Bonchev–Trinajstić information content (AvgIpc) is 2.41. The third-order valence-corrected chi connectivity index (χ3v) is 2.86. The average molecular weight is 307 g/mol. The van der Waals surface area contributed by atoms with Crippen LogP contribution in [0.4, 0.5) is 4.79 Å². The third kappa shape index (κ3) is 6.16. The van der Waals surface area contributed by atoms with E-state index in [0.717, 1.165) is 12.0 Å². The molecule has 1 rings (SSSR count). The van der Waals surface area contributed by atoms with E-state index in [4.69, 9.17) is 9.47 Å². The summed E-state index contributed by atoms with van der Waals surface area (Å²) in [5, 5.41) is 2.61. The van der Waals surface area contributed by atoms with Gasteiger partial charge in [-0.05, 0) is 51.8 Å². The standard InChI is InChI=1S/C17H25NO4/c1-6-13-7-8-15(14(11-13)12(2)19)21-10-9-18-16(20)22-17(3,4)5/h7-8,11H,6,9-10H2,1-5H3,(H,18,20). The molecule has 0 unspecified atom stereocenters. The summed E-state index contributed by atoms with van der Waals surface area (Å²) in [5.74, 6) is 0.501. The smallest absolute Gasteiger partial charge is 0.407 e. The van der Waals surface area contributed by atoms with Crippen LogP contribution in [0.25, 0.3) is 0 Å². The second kappa shape index (κ2) is 7.82. The predicted molar refractivity (Wildman–Crippen MR) is 85.6 cm³/mol. The molecule has 0 fully saturated rings. The molecule has 0 saturated carbocycles. The van der Waals surface area contributed by atoms with Gasteiger partial charge in [-0.15, -0.1) is 0 Å². The fourth-order valence-electron chi connectivity index (χ4n) is 1.83. The first kappa shape index (κ1) is 18.0. The maximum atomic E-state index is 11.7. The van der Waals surface area contributed by atoms with Crippen LogP contribution < -0.4 is 10.1 Å². The van der Waals surface area contributed by atoms with Crippen LogP contribution in [-0.4, -0.2) is 30.6 Å². The predicted octanol–water partition coefficient (Wildman–Crippen LogP) is 3.36. The fraction of sp³-hybridized carbons (Fsp3) is 0.529. The Balaban J connectivity index is 2.52. The fourth-order valence-corrected chi connectivity index (χ4v) is 1.83. The summed E-state index contributed by atoms with van der Waals surface area (Å²) in [6.07, 6.45) is 0.380. The highest BCUT2D eigenvalue weighted by Crippen LogP contribution is 2.21. The first-order valence-electron chi connectivity index (χ1n) is 7.46. The lowest BCUT2D eigenvalue weighted by molar-refractivity contribution is 0.0519. The lowest BCUT2D eigenvalue weighted by Gasteiger charge is -2.19. The van der Waals surface area contributed by atoms with Crippen LogP contribution in [0.2, 0.25) is 0 Å². The summed E-state index contributed by atoms with van der Waals surface area (Å²) < 4.78 is 10.7. The van der Waals surface area contributed by atoms with Crippen LogP contribution in [0.1, 0.15) is 50.5 Å². The van der Waals surface area contributed by atoms with Crippen molar-refractivity contribution in [3.05, 3.63) is 29.3 Å². The molecule has 0 saturated heterocycles. The Bertz CT molecular complexity index is 532. The van der Waals surface area contributed by atoms with Crippen LogP contribution in [0.5, 0.6) is 5.75 Å². The molecule has 0 aliphatic rings. The third-order valence-electron chi connectivity index (χ3n) is 2.86. The van der Waals surface area contributed by atoms with Crippen LogP contribution in [0.15, 0.2) is 18.2 Å². The van der Waals surface area contributed by atoms with Gasteiger partial charge in [0.1, 0.15) is 18.0 Å². The number of aryl methyl sites for hydroxylation is 1. The van der Waals surface area contributed by atoms with E-state index in [2.05, 4.69) is 5.32 Å². The second-order valence-corrected chi connectivity index (χ2v) is 6.02. The zero-order valence-corrected chi connectivity index (χ0v) is 14.0. The van der Waals surface area contributed by atoms with Gasteiger partial charge in [0.05, 0.1) is 12.1 Å². The minimum Gasteiger partial charge on any atom is -0.491 e. The lowest BCUT2D eigenvalue weighted by atomic mass is 10.1. The van der Waals surface area contributed by atoms with Gasteiger partial charge in [0.2, 0.25) is 0 Å². The molecule has 5 nitrogen and oxygen atoms in total. The van der Waals surface area contributed by atoms with E-state index in [0.29, 0.717) is 17.9 Å². The lowest BCUT2D eigenvalue weighted by Crippen LogP contribution is -2.34. The topological polar surface area (TPSA) is 64.6 Å². The summed E-state index contributed by atoms with van der Waals surface area (Å²) in [6.45, 7) is 9.53. The van der Waals surface area contributed by atoms with Gasteiger partial charge in [0.25, 0.3) is 0 Å². The largest absolute Gasteiger partial charge is 0.491 e. The Labute approximate surface area is 132 Å². The Hall–Kier alpha value is -2.04. The zero-order valence-electron chi connectivity index (χ0n) is 14.0. The number of ketones is 1. The molecular formula is C17H25NO4. The van der Waals surface area contributed by atoms with Gasteiger partial charge in [-0.2, -0.15) is 0 Å². The SMILES string of the molecule is CCc1ccc(OCCNC(=O)OC(C)(C)C)c(C(C)=O)c1. The highest BCUT2D eigenvalue weighted by atomic mass is 16.6. The van der Waals surface area contributed by atoms with Crippen molar-refractivity contribution < 1.29 is 19.1 Å². The number of carbonyl (C=O) groups excluding carboxylic acids is 2. The number of hydrogen-bond donors (Lipinski definition) is 1. The van der Waals surface area contributed by atoms with Crippen molar-refractivity contribution in [3.63, 3.8) is 0 Å². The quantitative estimate of drug-likeness (QED) is 0.646. The van der Waals surface area contributed by atoms with Gasteiger partial charge in [-0.1, -0.05) is 13.0 Å². The molecule has 0 spiro atoms. The number of ether oxygens (including phenoxy) is 2. The molecule has 1 amide bonds. The van der Waals surface area contributed by atoms with Gasteiger partial charge in [-0.25, -0.2) is 4.79 Å². The summed E-state index contributed by atoms with van der Waals surface area (Å²) >= 11 is 0. The number of hydrogen-bond acceptors (Lipinski definition) is 4. The molecule has 1 N–H and O–H groups in total. The molecule has 0 heterocycles. The normalized spacial score (nSPS) is 11.0. The number of carbonyl (C=O) groups is 2. The summed E-state index contributed by atoms with van der Waals surface area (Å²) in [7, 11) is 0. The van der Waals surface area contributed by atoms with E-state index < -0.39 is 11.7 Å². The van der Waals surface area contributed by atoms with Crippen molar-refractivity contribution in [1.29, 1.82) is 0 Å². The molecular weight excluding hydrogens is 282 g/mol. The molecule has 122 valence electrons. The number of Topliss-reactive ketones (excluding diaryl/α,β-unsaturated/α-hetero) is 1. The molecule has 0 aromatic heterocycles. The van der Waals surface area contributed by atoms with Gasteiger partial charge in [0.15, 0.2) is 5.78 Å². The van der Waals surface area contributed by atoms with Gasteiger partial charge in [0, 0.05) is 0 Å². The maximum Gasteiger partial charge on any atom is 0.407 e. The van der Waals surface area contributed by atoms with Gasteiger partial charge in [-0.3, -0.25) is 4.79 Å². The molecule has 5 heteroatoms. The Kier molecular flexibility index (Phi) is 6.40. The molecule has 1 aromatic rings.